The smallest absolute Gasteiger partial charge is 0.131 e. The molecular formula is C50H45FGeIrN4O-2. The third-order valence-corrected chi connectivity index (χ3v) is 14.0. The number of para-hydroxylation sites is 2. The fourth-order valence-corrected chi connectivity index (χ4v) is 10.2. The molecule has 0 saturated carbocycles. The number of hydrogen-bond acceptors (Lipinski definition) is 4. The predicted molar refractivity (Wildman–Crippen MR) is 235 cm³/mol. The molecule has 4 heterocycles. The van der Waals surface area contributed by atoms with E-state index in [2.05, 4.69) is 39.4 Å². The number of nitrogens with zero attached hydrogens (tertiary/aromatic N) is 4. The monoisotopic (exact) mass is 1010 g/mol. The zero-order chi connectivity index (χ0) is 47.6. The third kappa shape index (κ3) is 8.09. The number of imidazole rings is 1. The predicted octanol–water partition coefficient (Wildman–Crippen LogP) is 12.5. The van der Waals surface area contributed by atoms with Gasteiger partial charge >= 0.3 is 135 Å². The maximum Gasteiger partial charge on any atom is 0.131 e. The Hall–Kier alpha value is -5.21. The van der Waals surface area contributed by atoms with Gasteiger partial charge in [0, 0.05) is 54.1 Å². The van der Waals surface area contributed by atoms with E-state index in [9.17, 15) is 7.13 Å². The Morgan fingerprint density at radius 3 is 2.33 bits per heavy atom. The van der Waals surface area contributed by atoms with E-state index in [-0.39, 0.29) is 36.8 Å². The van der Waals surface area contributed by atoms with E-state index in [1.54, 1.807) is 85.5 Å². The fourth-order valence-electron chi connectivity index (χ4n) is 6.89. The first-order chi connectivity index (χ1) is 31.0. The Kier molecular flexibility index (Phi) is 9.00. The Morgan fingerprint density at radius 1 is 0.845 bits per heavy atom. The third-order valence-electron chi connectivity index (χ3n) is 9.78. The van der Waals surface area contributed by atoms with Crippen molar-refractivity contribution >= 4 is 50.6 Å². The molecule has 58 heavy (non-hydrogen) atoms. The first-order valence-electron chi connectivity index (χ1n) is 23.0. The van der Waals surface area contributed by atoms with Crippen LogP contribution in [0.15, 0.2) is 132 Å². The first-order valence-corrected chi connectivity index (χ1v) is 25.9. The molecule has 293 valence electrons. The van der Waals surface area contributed by atoms with E-state index in [1.807, 2.05) is 48.5 Å². The molecule has 0 unspecified atom stereocenters. The van der Waals surface area contributed by atoms with Gasteiger partial charge < -0.3 is 8.98 Å². The van der Waals surface area contributed by atoms with Gasteiger partial charge in [-0.25, -0.2) is 0 Å². The maximum atomic E-state index is 14.8. The molecule has 0 amide bonds. The number of rotatable bonds is 7. The zero-order valence-electron chi connectivity index (χ0n) is 41.5. The van der Waals surface area contributed by atoms with Gasteiger partial charge in [0.05, 0.1) is 25.2 Å². The van der Waals surface area contributed by atoms with Crippen molar-refractivity contribution in [3.8, 4) is 33.8 Å². The molecule has 9 rings (SSSR count). The van der Waals surface area contributed by atoms with Crippen molar-refractivity contribution in [1.82, 2.24) is 19.5 Å². The van der Waals surface area contributed by atoms with Crippen LogP contribution in [0.3, 0.4) is 0 Å². The molecule has 0 N–H and O–H groups in total. The van der Waals surface area contributed by atoms with Gasteiger partial charge in [0.1, 0.15) is 5.58 Å². The summed E-state index contributed by atoms with van der Waals surface area (Å²) in [5, 5.41) is 1.57. The fraction of sp³-hybridized carbons (Fsp3) is 0.180. The molecule has 1 radical (unpaired) electrons. The van der Waals surface area contributed by atoms with Crippen molar-refractivity contribution in [3.63, 3.8) is 0 Å². The van der Waals surface area contributed by atoms with Crippen LogP contribution in [0.2, 0.25) is 17.3 Å². The summed E-state index contributed by atoms with van der Waals surface area (Å²) in [7, 11) is 0. The Balaban J connectivity index is 0.000000221. The summed E-state index contributed by atoms with van der Waals surface area (Å²) >= 11 is -2.28. The van der Waals surface area contributed by atoms with Gasteiger partial charge in [0.25, 0.3) is 0 Å². The molecule has 0 atom stereocenters. The van der Waals surface area contributed by atoms with E-state index in [4.69, 9.17) is 19.0 Å². The quantitative estimate of drug-likeness (QED) is 0.118. The van der Waals surface area contributed by atoms with Gasteiger partial charge in [-0.3, -0.25) is 9.97 Å². The summed E-state index contributed by atoms with van der Waals surface area (Å²) in [4.78, 5) is 13.7. The summed E-state index contributed by atoms with van der Waals surface area (Å²) in [6.45, 7) is -3.06. The number of fused-ring (bicyclic) bond motifs is 4. The maximum absolute atomic E-state index is 14.8. The van der Waals surface area contributed by atoms with Crippen LogP contribution in [0.5, 0.6) is 0 Å². The van der Waals surface area contributed by atoms with E-state index in [0.29, 0.717) is 44.8 Å². The molecule has 4 aromatic heterocycles. The van der Waals surface area contributed by atoms with Crippen molar-refractivity contribution in [2.75, 3.05) is 0 Å². The molecule has 0 bridgehead atoms. The normalized spacial score (nSPS) is 14.7. The molecule has 0 spiro atoms. The molecule has 0 aliphatic heterocycles. The van der Waals surface area contributed by atoms with Gasteiger partial charge in [0.15, 0.2) is 0 Å². The Morgan fingerprint density at radius 2 is 1.59 bits per heavy atom. The van der Waals surface area contributed by atoms with Crippen molar-refractivity contribution in [2.45, 2.75) is 57.2 Å². The van der Waals surface area contributed by atoms with Crippen LogP contribution in [0, 0.1) is 31.7 Å². The van der Waals surface area contributed by atoms with Crippen LogP contribution in [0.4, 0.5) is 4.39 Å². The van der Waals surface area contributed by atoms with E-state index >= 15 is 0 Å². The van der Waals surface area contributed by atoms with Crippen LogP contribution in [0.1, 0.15) is 54.3 Å². The van der Waals surface area contributed by atoms with Gasteiger partial charge in [-0.2, -0.15) is 0 Å². The average Bonchev–Trinajstić information content (AvgIpc) is 3.85. The average molecular weight is 1010 g/mol. The van der Waals surface area contributed by atoms with Crippen molar-refractivity contribution in [3.05, 3.63) is 168 Å². The van der Waals surface area contributed by atoms with E-state index in [1.165, 1.54) is 12.1 Å². The SMILES string of the molecule is [2H]C([2H])([2H])c1cc[c-]c(-c2cc(C([2H])(C)C)[c]([Ge]([CH3])([CH3])[CH3])cn2)c1F.[2H]C([2H])([2H])c1ccc(-c2cncc3c2oc2c(-c4nc5ccccc5n4C([2H])([2H])c4ccccc4)[c-]ccc23)cc1.[Ir]. The molecule has 0 saturated heterocycles. The van der Waals surface area contributed by atoms with Gasteiger partial charge in [-0.1, -0.05) is 83.2 Å². The summed E-state index contributed by atoms with van der Waals surface area (Å²) in [5.74, 6) is 5.36. The van der Waals surface area contributed by atoms with E-state index in [0.717, 1.165) is 31.9 Å². The summed E-state index contributed by atoms with van der Waals surface area (Å²) in [6, 6.07) is 37.2. The van der Waals surface area contributed by atoms with Crippen molar-refractivity contribution in [1.29, 1.82) is 0 Å². The number of pyridine rings is 2. The van der Waals surface area contributed by atoms with Crippen LogP contribution < -0.4 is 4.40 Å². The summed E-state index contributed by atoms with van der Waals surface area (Å²) in [6.07, 6.45) is 5.16. The molecule has 0 aliphatic rings. The van der Waals surface area contributed by atoms with Crippen LogP contribution in [0.25, 0.3) is 66.7 Å². The molecular weight excluding hydrogens is 956 g/mol. The van der Waals surface area contributed by atoms with Crippen molar-refractivity contribution < 1.29 is 41.2 Å². The number of aromatic nitrogens is 4. The first kappa shape index (κ1) is 30.8. The zero-order valence-corrected chi connectivity index (χ0v) is 37.0. The van der Waals surface area contributed by atoms with Crippen LogP contribution >= 0.6 is 0 Å². The van der Waals surface area contributed by atoms with Crippen molar-refractivity contribution in [2.24, 2.45) is 0 Å². The van der Waals surface area contributed by atoms with Gasteiger partial charge in [-0.15, -0.1) is 18.2 Å². The standard InChI is InChI=1S/C32H22N3O.C18H23FGeN.Ir/c1-21-14-16-23(17-15-21)26-18-33-19-27-24-10-7-11-25(30(24)36-31(26)27)32-34-28-12-5-6-13-29(28)35(32)20-22-8-3-2-4-9-22;1-12(2)15-10-17(21-11-16(15)20(4,5)6)14-9-7-8-13(3)18(14)19;/h2-10,12-19H,20H2,1H3;7-8,10-12H,1-6H3;/q2*-1;/i1D3,20D2;3D3,12D;. The number of halogens is 1. The Labute approximate surface area is 368 Å². The number of furan rings is 1. The Bertz CT molecular complexity index is 3250. The minimum absolute atomic E-state index is 0. The molecule has 5 aromatic carbocycles. The van der Waals surface area contributed by atoms with E-state index < -0.39 is 45.2 Å². The molecule has 0 aliphatic carbocycles. The number of benzene rings is 5. The summed E-state index contributed by atoms with van der Waals surface area (Å²) < 4.78 is 96.3. The molecule has 8 heteroatoms. The largest absolute Gasteiger partial charge is 0.500 e. The number of hydrogen-bond donors (Lipinski definition) is 0. The summed E-state index contributed by atoms with van der Waals surface area (Å²) in [5.41, 5.74) is 5.99. The minimum atomic E-state index is -2.54. The van der Waals surface area contributed by atoms with Crippen LogP contribution in [-0.2, 0) is 26.6 Å². The van der Waals surface area contributed by atoms with Crippen LogP contribution in [-0.4, -0.2) is 32.8 Å². The van der Waals surface area contributed by atoms with Gasteiger partial charge in [0.2, 0.25) is 0 Å². The van der Waals surface area contributed by atoms with Gasteiger partial charge in [-0.05, 0) is 30.1 Å². The minimum Gasteiger partial charge on any atom is -0.500 e. The second-order valence-corrected chi connectivity index (χ2v) is 25.6. The second-order valence-electron chi connectivity index (χ2n) is 15.0. The second kappa shape index (κ2) is 16.9. The molecule has 5 nitrogen and oxygen atoms in total. The molecule has 9 aromatic rings. The topological polar surface area (TPSA) is 56.7 Å². The number of aryl methyl sites for hydroxylation is 2. The molecule has 0 fully saturated rings.